The lowest BCUT2D eigenvalue weighted by molar-refractivity contribution is -0.123. The highest BCUT2D eigenvalue weighted by Gasteiger charge is 2.33. The summed E-state index contributed by atoms with van der Waals surface area (Å²) in [5.74, 6) is 0.816. The zero-order chi connectivity index (χ0) is 18.4. The molecule has 0 bridgehead atoms. The van der Waals surface area contributed by atoms with Crippen LogP contribution in [0.2, 0.25) is 0 Å². The maximum atomic E-state index is 12.6. The van der Waals surface area contributed by atoms with Crippen LogP contribution in [0.5, 0.6) is 11.5 Å². The topological polar surface area (TPSA) is 89.6 Å². The highest BCUT2D eigenvalue weighted by molar-refractivity contribution is 7.16. The standard InChI is InChI=1S/C19H19N3O4S/c23-17(10-4-7-13-14(8-10)26-9-25-13)22-19-21-16-12(2-1-3-15(16)27-19)18(24)20-11-5-6-11/h4,7-8,11-12H,1-3,5-6,9H2,(H,20,24)(H,21,22,23)/t12-/m1/s1. The number of nitrogens with one attached hydrogen (secondary N) is 2. The molecule has 0 radical (unpaired) electrons. The van der Waals surface area contributed by atoms with Crippen molar-refractivity contribution >= 4 is 28.3 Å². The van der Waals surface area contributed by atoms with Crippen LogP contribution in [0.15, 0.2) is 18.2 Å². The summed E-state index contributed by atoms with van der Waals surface area (Å²) in [5, 5.41) is 6.47. The molecule has 1 saturated carbocycles. The Bertz CT molecular complexity index is 922. The van der Waals surface area contributed by atoms with E-state index in [1.807, 2.05) is 0 Å². The first-order valence-electron chi connectivity index (χ1n) is 9.18. The first kappa shape index (κ1) is 16.6. The zero-order valence-electron chi connectivity index (χ0n) is 14.6. The fourth-order valence-electron chi connectivity index (χ4n) is 3.46. The van der Waals surface area contributed by atoms with Crippen LogP contribution in [0.1, 0.15) is 52.5 Å². The molecular formula is C19H19N3O4S. The quantitative estimate of drug-likeness (QED) is 0.845. The van der Waals surface area contributed by atoms with Crippen molar-refractivity contribution in [1.82, 2.24) is 10.3 Å². The van der Waals surface area contributed by atoms with Gasteiger partial charge in [0.05, 0.1) is 11.6 Å². The Balaban J connectivity index is 1.33. The Kier molecular flexibility index (Phi) is 4.00. The van der Waals surface area contributed by atoms with Crippen molar-refractivity contribution in [3.05, 3.63) is 34.3 Å². The van der Waals surface area contributed by atoms with Crippen LogP contribution in [0.3, 0.4) is 0 Å². The van der Waals surface area contributed by atoms with Gasteiger partial charge in [0.15, 0.2) is 16.6 Å². The van der Waals surface area contributed by atoms with E-state index in [-0.39, 0.29) is 24.5 Å². The Morgan fingerprint density at radius 3 is 2.85 bits per heavy atom. The van der Waals surface area contributed by atoms with Crippen molar-refractivity contribution in [2.24, 2.45) is 0 Å². The van der Waals surface area contributed by atoms with E-state index in [0.29, 0.717) is 28.2 Å². The lowest BCUT2D eigenvalue weighted by atomic mass is 9.90. The van der Waals surface area contributed by atoms with Crippen LogP contribution >= 0.6 is 11.3 Å². The fourth-order valence-corrected chi connectivity index (χ4v) is 4.52. The normalized spacial score (nSPS) is 20.1. The monoisotopic (exact) mass is 385 g/mol. The second-order valence-electron chi connectivity index (χ2n) is 7.08. The minimum absolute atomic E-state index is 0.0670. The molecule has 0 spiro atoms. The third-order valence-electron chi connectivity index (χ3n) is 5.05. The summed E-state index contributed by atoms with van der Waals surface area (Å²) in [6, 6.07) is 5.42. The van der Waals surface area contributed by atoms with E-state index in [1.165, 1.54) is 11.3 Å². The number of fused-ring (bicyclic) bond motifs is 2. The molecule has 1 fully saturated rings. The molecule has 2 aliphatic carbocycles. The van der Waals surface area contributed by atoms with Gasteiger partial charge in [0.2, 0.25) is 12.7 Å². The van der Waals surface area contributed by atoms with Crippen LogP contribution in [-0.2, 0) is 11.2 Å². The summed E-state index contributed by atoms with van der Waals surface area (Å²) >= 11 is 1.46. The zero-order valence-corrected chi connectivity index (χ0v) is 15.4. The Morgan fingerprint density at radius 1 is 1.15 bits per heavy atom. The van der Waals surface area contributed by atoms with Gasteiger partial charge in [-0.3, -0.25) is 14.9 Å². The number of amides is 2. The van der Waals surface area contributed by atoms with Gasteiger partial charge in [-0.15, -0.1) is 11.3 Å². The van der Waals surface area contributed by atoms with Gasteiger partial charge in [0.25, 0.3) is 5.91 Å². The number of hydrogen-bond donors (Lipinski definition) is 2. The van der Waals surface area contributed by atoms with Crippen molar-refractivity contribution in [3.8, 4) is 11.5 Å². The van der Waals surface area contributed by atoms with Crippen molar-refractivity contribution in [2.45, 2.75) is 44.1 Å². The molecule has 27 heavy (non-hydrogen) atoms. The summed E-state index contributed by atoms with van der Waals surface area (Å²) in [6.07, 6.45) is 4.82. The van der Waals surface area contributed by atoms with Crippen LogP contribution in [0, 0.1) is 0 Å². The number of carbonyl (C=O) groups excluding carboxylic acids is 2. The molecule has 2 amide bonds. The van der Waals surface area contributed by atoms with Gasteiger partial charge in [-0.2, -0.15) is 0 Å². The van der Waals surface area contributed by atoms with E-state index >= 15 is 0 Å². The van der Waals surface area contributed by atoms with Gasteiger partial charge >= 0.3 is 0 Å². The Morgan fingerprint density at radius 2 is 2.00 bits per heavy atom. The highest BCUT2D eigenvalue weighted by Crippen LogP contribution is 2.38. The smallest absolute Gasteiger partial charge is 0.257 e. The number of hydrogen-bond acceptors (Lipinski definition) is 6. The Hall–Kier alpha value is -2.61. The molecule has 1 atom stereocenters. The molecular weight excluding hydrogens is 366 g/mol. The number of anilines is 1. The Labute approximate surface area is 160 Å². The molecule has 1 aliphatic heterocycles. The molecule has 2 N–H and O–H groups in total. The van der Waals surface area contributed by atoms with Gasteiger partial charge in [-0.25, -0.2) is 4.98 Å². The van der Waals surface area contributed by atoms with E-state index in [1.54, 1.807) is 18.2 Å². The third kappa shape index (κ3) is 3.25. The number of carbonyl (C=O) groups is 2. The van der Waals surface area contributed by atoms with Gasteiger partial charge in [-0.1, -0.05) is 0 Å². The van der Waals surface area contributed by atoms with Gasteiger partial charge in [0, 0.05) is 16.5 Å². The molecule has 0 saturated heterocycles. The predicted molar refractivity (Wildman–Crippen MR) is 99.5 cm³/mol. The van der Waals surface area contributed by atoms with Gasteiger partial charge in [0.1, 0.15) is 0 Å². The van der Waals surface area contributed by atoms with E-state index < -0.39 is 0 Å². The SMILES string of the molecule is O=C(Nc1nc2c(s1)CCC[C@H]2C(=O)NC1CC1)c1ccc2c(c1)OCO2. The summed E-state index contributed by atoms with van der Waals surface area (Å²) in [7, 11) is 0. The lowest BCUT2D eigenvalue weighted by Gasteiger charge is -2.20. The largest absolute Gasteiger partial charge is 0.454 e. The summed E-state index contributed by atoms with van der Waals surface area (Å²) in [5.41, 5.74) is 1.31. The van der Waals surface area contributed by atoms with E-state index in [4.69, 9.17) is 9.47 Å². The minimum Gasteiger partial charge on any atom is -0.454 e. The molecule has 5 rings (SSSR count). The van der Waals surface area contributed by atoms with Crippen molar-refractivity contribution in [1.29, 1.82) is 0 Å². The predicted octanol–water partition coefficient (Wildman–Crippen LogP) is 2.82. The molecule has 140 valence electrons. The average molecular weight is 385 g/mol. The van der Waals surface area contributed by atoms with Crippen LogP contribution in [-0.4, -0.2) is 29.6 Å². The number of ether oxygens (including phenoxy) is 2. The van der Waals surface area contributed by atoms with Crippen molar-refractivity contribution in [2.75, 3.05) is 12.1 Å². The molecule has 0 unspecified atom stereocenters. The molecule has 2 aromatic rings. The van der Waals surface area contributed by atoms with E-state index in [9.17, 15) is 9.59 Å². The van der Waals surface area contributed by atoms with E-state index in [0.717, 1.165) is 42.7 Å². The van der Waals surface area contributed by atoms with Crippen molar-refractivity contribution < 1.29 is 19.1 Å². The molecule has 3 aliphatic rings. The summed E-state index contributed by atoms with van der Waals surface area (Å²) in [4.78, 5) is 30.8. The number of nitrogens with zero attached hydrogens (tertiary/aromatic N) is 1. The maximum Gasteiger partial charge on any atom is 0.257 e. The van der Waals surface area contributed by atoms with Crippen molar-refractivity contribution in [3.63, 3.8) is 0 Å². The second-order valence-corrected chi connectivity index (χ2v) is 8.16. The lowest BCUT2D eigenvalue weighted by Crippen LogP contribution is -2.32. The van der Waals surface area contributed by atoms with Crippen LogP contribution in [0.4, 0.5) is 5.13 Å². The van der Waals surface area contributed by atoms with Gasteiger partial charge in [-0.05, 0) is 50.3 Å². The summed E-state index contributed by atoms with van der Waals surface area (Å²) < 4.78 is 10.6. The highest BCUT2D eigenvalue weighted by atomic mass is 32.1. The minimum atomic E-state index is -0.252. The number of rotatable bonds is 4. The summed E-state index contributed by atoms with van der Waals surface area (Å²) in [6.45, 7) is 0.171. The molecule has 1 aromatic heterocycles. The maximum absolute atomic E-state index is 12.6. The van der Waals surface area contributed by atoms with Gasteiger partial charge < -0.3 is 14.8 Å². The van der Waals surface area contributed by atoms with E-state index in [2.05, 4.69) is 15.6 Å². The van der Waals surface area contributed by atoms with Crippen LogP contribution < -0.4 is 20.1 Å². The molecule has 2 heterocycles. The first-order chi connectivity index (χ1) is 13.2. The third-order valence-corrected chi connectivity index (χ3v) is 6.10. The number of benzene rings is 1. The number of aryl methyl sites for hydroxylation is 1. The van der Waals surface area contributed by atoms with Crippen LogP contribution in [0.25, 0.3) is 0 Å². The average Bonchev–Trinajstić information content (AvgIpc) is 3.19. The number of aromatic nitrogens is 1. The second kappa shape index (κ2) is 6.53. The molecule has 7 nitrogen and oxygen atoms in total. The molecule has 8 heteroatoms. The first-order valence-corrected chi connectivity index (χ1v) is 10.00. The molecule has 1 aromatic carbocycles. The number of thiazole rings is 1. The fraction of sp³-hybridized carbons (Fsp3) is 0.421.